The minimum atomic E-state index is -0.553. The summed E-state index contributed by atoms with van der Waals surface area (Å²) in [5.74, 6) is -0.364. The van der Waals surface area contributed by atoms with E-state index in [1.54, 1.807) is 19.0 Å². The molecule has 15 heavy (non-hydrogen) atoms. The van der Waals surface area contributed by atoms with Crippen molar-refractivity contribution >= 4 is 11.8 Å². The molecule has 5 heteroatoms. The minimum Gasteiger partial charge on any atom is -0.377 e. The van der Waals surface area contributed by atoms with Crippen molar-refractivity contribution in [3.8, 4) is 0 Å². The Hall–Kier alpha value is -1.91. The third-order valence-corrected chi connectivity index (χ3v) is 1.85. The van der Waals surface area contributed by atoms with Gasteiger partial charge >= 0.3 is 0 Å². The lowest BCUT2D eigenvalue weighted by molar-refractivity contribution is -0.400. The standard InChI is InChI=1S/C10H11FN2O2/c1-12(2)10-7-9(11)4-3-8(10)5-6-13(14)15/h3-7H,1-2H3/b6-5+. The first-order chi connectivity index (χ1) is 7.00. The Morgan fingerprint density at radius 1 is 1.47 bits per heavy atom. The van der Waals surface area contributed by atoms with Crippen LogP contribution in [0.3, 0.4) is 0 Å². The summed E-state index contributed by atoms with van der Waals surface area (Å²) in [5, 5.41) is 10.2. The molecule has 0 bridgehead atoms. The summed E-state index contributed by atoms with van der Waals surface area (Å²) in [6, 6.07) is 4.11. The third kappa shape index (κ3) is 3.05. The summed E-state index contributed by atoms with van der Waals surface area (Å²) in [7, 11) is 3.50. The number of benzene rings is 1. The lowest BCUT2D eigenvalue weighted by Crippen LogP contribution is -2.10. The molecule has 0 saturated heterocycles. The topological polar surface area (TPSA) is 46.4 Å². The summed E-state index contributed by atoms with van der Waals surface area (Å²) >= 11 is 0. The Bertz CT molecular complexity index is 402. The lowest BCUT2D eigenvalue weighted by Gasteiger charge is -2.15. The van der Waals surface area contributed by atoms with Gasteiger partial charge in [-0.05, 0) is 18.2 Å². The van der Waals surface area contributed by atoms with Crippen molar-refractivity contribution in [2.24, 2.45) is 0 Å². The molecule has 0 spiro atoms. The Labute approximate surface area is 86.8 Å². The Kier molecular flexibility index (Phi) is 3.38. The van der Waals surface area contributed by atoms with Gasteiger partial charge in [-0.15, -0.1) is 0 Å². The number of rotatable bonds is 3. The quantitative estimate of drug-likeness (QED) is 0.567. The van der Waals surface area contributed by atoms with Gasteiger partial charge in [0.2, 0.25) is 6.20 Å². The second kappa shape index (κ2) is 4.54. The van der Waals surface area contributed by atoms with Gasteiger partial charge in [0.25, 0.3) is 0 Å². The van der Waals surface area contributed by atoms with E-state index in [9.17, 15) is 14.5 Å². The fourth-order valence-electron chi connectivity index (χ4n) is 1.19. The summed E-state index contributed by atoms with van der Waals surface area (Å²) in [4.78, 5) is 11.3. The van der Waals surface area contributed by atoms with Gasteiger partial charge in [0, 0.05) is 31.4 Å². The second-order valence-corrected chi connectivity index (χ2v) is 3.20. The number of hydrogen-bond acceptors (Lipinski definition) is 3. The van der Waals surface area contributed by atoms with Crippen molar-refractivity contribution in [2.75, 3.05) is 19.0 Å². The van der Waals surface area contributed by atoms with Crippen molar-refractivity contribution in [1.82, 2.24) is 0 Å². The van der Waals surface area contributed by atoms with E-state index in [4.69, 9.17) is 0 Å². The molecule has 0 aliphatic carbocycles. The van der Waals surface area contributed by atoms with Gasteiger partial charge in [-0.3, -0.25) is 10.1 Å². The highest BCUT2D eigenvalue weighted by Crippen LogP contribution is 2.21. The number of halogens is 1. The second-order valence-electron chi connectivity index (χ2n) is 3.20. The Balaban J connectivity index is 3.11. The van der Waals surface area contributed by atoms with Crippen molar-refractivity contribution < 1.29 is 9.31 Å². The molecule has 80 valence electrons. The molecule has 0 N–H and O–H groups in total. The fraction of sp³-hybridized carbons (Fsp3) is 0.200. The normalized spacial score (nSPS) is 10.6. The molecule has 0 unspecified atom stereocenters. The van der Waals surface area contributed by atoms with Crippen LogP contribution in [-0.2, 0) is 0 Å². The maximum Gasteiger partial charge on any atom is 0.235 e. The highest BCUT2D eigenvalue weighted by molar-refractivity contribution is 5.66. The van der Waals surface area contributed by atoms with E-state index < -0.39 is 4.92 Å². The van der Waals surface area contributed by atoms with Crippen LogP contribution in [-0.4, -0.2) is 19.0 Å². The molecule has 0 aromatic heterocycles. The Morgan fingerprint density at radius 3 is 2.67 bits per heavy atom. The number of nitrogens with zero attached hydrogens (tertiary/aromatic N) is 2. The number of hydrogen-bond donors (Lipinski definition) is 0. The largest absolute Gasteiger partial charge is 0.377 e. The Morgan fingerprint density at radius 2 is 2.13 bits per heavy atom. The van der Waals surface area contributed by atoms with Crippen LogP contribution in [0.15, 0.2) is 24.4 Å². The van der Waals surface area contributed by atoms with Crippen LogP contribution < -0.4 is 4.90 Å². The van der Waals surface area contributed by atoms with Crippen LogP contribution in [0.4, 0.5) is 10.1 Å². The van der Waals surface area contributed by atoms with E-state index in [0.29, 0.717) is 11.3 Å². The molecule has 1 aromatic rings. The fourth-order valence-corrected chi connectivity index (χ4v) is 1.19. The van der Waals surface area contributed by atoms with Crippen molar-refractivity contribution in [3.05, 3.63) is 45.9 Å². The molecular formula is C10H11FN2O2. The smallest absolute Gasteiger partial charge is 0.235 e. The van der Waals surface area contributed by atoms with Gasteiger partial charge in [0.15, 0.2) is 0 Å². The molecule has 0 amide bonds. The molecule has 0 saturated carbocycles. The predicted octanol–water partition coefficient (Wildman–Crippen LogP) is 2.14. The van der Waals surface area contributed by atoms with Crippen LogP contribution in [0.5, 0.6) is 0 Å². The molecule has 1 aromatic carbocycles. The van der Waals surface area contributed by atoms with E-state index in [1.807, 2.05) is 0 Å². The van der Waals surface area contributed by atoms with Crippen molar-refractivity contribution in [2.45, 2.75) is 0 Å². The van der Waals surface area contributed by atoms with Crippen LogP contribution in [0, 0.1) is 15.9 Å². The van der Waals surface area contributed by atoms with Gasteiger partial charge in [0.05, 0.1) is 4.92 Å². The zero-order valence-corrected chi connectivity index (χ0v) is 8.48. The van der Waals surface area contributed by atoms with E-state index in [0.717, 1.165) is 6.20 Å². The van der Waals surface area contributed by atoms with E-state index in [-0.39, 0.29) is 5.82 Å². The van der Waals surface area contributed by atoms with Gasteiger partial charge in [-0.25, -0.2) is 4.39 Å². The zero-order chi connectivity index (χ0) is 11.4. The minimum absolute atomic E-state index is 0.364. The number of nitro groups is 1. The van der Waals surface area contributed by atoms with Gasteiger partial charge < -0.3 is 4.90 Å². The average molecular weight is 210 g/mol. The maximum absolute atomic E-state index is 12.9. The lowest BCUT2D eigenvalue weighted by atomic mass is 10.1. The molecule has 1 rings (SSSR count). The predicted molar refractivity (Wildman–Crippen MR) is 56.8 cm³/mol. The molecule has 4 nitrogen and oxygen atoms in total. The average Bonchev–Trinajstić information content (AvgIpc) is 2.15. The molecule has 0 aliphatic heterocycles. The maximum atomic E-state index is 12.9. The monoisotopic (exact) mass is 210 g/mol. The highest BCUT2D eigenvalue weighted by Gasteiger charge is 2.04. The molecule has 0 atom stereocenters. The molecule has 0 fully saturated rings. The summed E-state index contributed by atoms with van der Waals surface area (Å²) < 4.78 is 12.9. The molecule has 0 aliphatic rings. The summed E-state index contributed by atoms with van der Waals surface area (Å²) in [6.45, 7) is 0. The van der Waals surface area contributed by atoms with E-state index in [2.05, 4.69) is 0 Å². The molecular weight excluding hydrogens is 199 g/mol. The van der Waals surface area contributed by atoms with Crippen molar-refractivity contribution in [3.63, 3.8) is 0 Å². The van der Waals surface area contributed by atoms with Crippen LogP contribution >= 0.6 is 0 Å². The number of anilines is 1. The SMILES string of the molecule is CN(C)c1cc(F)ccc1/C=C/[N+](=O)[O-]. The summed E-state index contributed by atoms with van der Waals surface area (Å²) in [6.07, 6.45) is 2.18. The third-order valence-electron chi connectivity index (χ3n) is 1.85. The van der Waals surface area contributed by atoms with E-state index >= 15 is 0 Å². The first kappa shape index (κ1) is 11.2. The van der Waals surface area contributed by atoms with Gasteiger partial charge in [-0.2, -0.15) is 0 Å². The first-order valence-electron chi connectivity index (χ1n) is 4.29. The highest BCUT2D eigenvalue weighted by atomic mass is 19.1. The van der Waals surface area contributed by atoms with Crippen LogP contribution in [0.2, 0.25) is 0 Å². The first-order valence-corrected chi connectivity index (χ1v) is 4.29. The zero-order valence-electron chi connectivity index (χ0n) is 8.48. The van der Waals surface area contributed by atoms with E-state index in [1.165, 1.54) is 24.3 Å². The summed E-state index contributed by atoms with van der Waals surface area (Å²) in [5.41, 5.74) is 1.21. The van der Waals surface area contributed by atoms with Gasteiger partial charge in [0.1, 0.15) is 5.82 Å². The van der Waals surface area contributed by atoms with Crippen molar-refractivity contribution in [1.29, 1.82) is 0 Å². The molecule has 0 heterocycles. The van der Waals surface area contributed by atoms with Gasteiger partial charge in [-0.1, -0.05) is 0 Å². The molecule has 0 radical (unpaired) electrons. The van der Waals surface area contributed by atoms with Crippen LogP contribution in [0.1, 0.15) is 5.56 Å². The van der Waals surface area contributed by atoms with Crippen LogP contribution in [0.25, 0.3) is 6.08 Å².